The number of halogens is 2. The molecule has 0 aliphatic heterocycles. The molecule has 0 aromatic heterocycles. The van der Waals surface area contributed by atoms with E-state index in [0.717, 1.165) is 37.5 Å². The first-order valence-electron chi connectivity index (χ1n) is 5.18. The highest BCUT2D eigenvalue weighted by Crippen LogP contribution is 2.19. The lowest BCUT2D eigenvalue weighted by molar-refractivity contribution is 0.240. The minimum Gasteiger partial charge on any atom is -0.335 e. The lowest BCUT2D eigenvalue weighted by Crippen LogP contribution is -2.42. The van der Waals surface area contributed by atoms with E-state index in [1.54, 1.807) is 0 Å². The summed E-state index contributed by atoms with van der Waals surface area (Å²) in [6.45, 7) is 0. The van der Waals surface area contributed by atoms with Crippen molar-refractivity contribution in [3.63, 3.8) is 0 Å². The Balaban J connectivity index is 1.96. The maximum absolute atomic E-state index is 13.2. The number of carbonyl (C=O) groups is 1. The summed E-state index contributed by atoms with van der Waals surface area (Å²) in [6.07, 6.45) is 2.98. The molecule has 1 aliphatic carbocycles. The average molecular weight is 226 g/mol. The third kappa shape index (κ3) is 2.48. The molecule has 0 unspecified atom stereocenters. The van der Waals surface area contributed by atoms with Gasteiger partial charge in [0, 0.05) is 12.1 Å². The third-order valence-corrected chi connectivity index (χ3v) is 2.62. The van der Waals surface area contributed by atoms with Crippen LogP contribution in [-0.4, -0.2) is 12.1 Å². The summed E-state index contributed by atoms with van der Waals surface area (Å²) >= 11 is 0. The lowest BCUT2D eigenvalue weighted by Gasteiger charge is -2.26. The Morgan fingerprint density at radius 2 is 2.06 bits per heavy atom. The largest absolute Gasteiger partial charge is 0.335 e. The first-order chi connectivity index (χ1) is 7.65. The Labute approximate surface area is 91.8 Å². The van der Waals surface area contributed by atoms with Gasteiger partial charge in [-0.25, -0.2) is 13.6 Å². The van der Waals surface area contributed by atoms with Crippen molar-refractivity contribution in [3.05, 3.63) is 29.8 Å². The van der Waals surface area contributed by atoms with Crippen LogP contribution in [0.25, 0.3) is 0 Å². The zero-order chi connectivity index (χ0) is 11.5. The van der Waals surface area contributed by atoms with E-state index in [0.29, 0.717) is 0 Å². The van der Waals surface area contributed by atoms with Gasteiger partial charge in [-0.2, -0.15) is 0 Å². The fourth-order valence-electron chi connectivity index (χ4n) is 1.49. The summed E-state index contributed by atoms with van der Waals surface area (Å²) < 4.78 is 26.0. The van der Waals surface area contributed by atoms with Crippen molar-refractivity contribution in [1.29, 1.82) is 0 Å². The molecule has 3 nitrogen and oxygen atoms in total. The highest BCUT2D eigenvalue weighted by Gasteiger charge is 2.19. The van der Waals surface area contributed by atoms with Crippen LogP contribution in [0, 0.1) is 11.6 Å². The second kappa shape index (κ2) is 4.47. The second-order valence-corrected chi connectivity index (χ2v) is 3.85. The number of hydrogen-bond acceptors (Lipinski definition) is 1. The highest BCUT2D eigenvalue weighted by atomic mass is 19.1. The average Bonchev–Trinajstić information content (AvgIpc) is 2.18. The summed E-state index contributed by atoms with van der Waals surface area (Å²) in [6, 6.07) is 2.61. The molecule has 2 N–H and O–H groups in total. The SMILES string of the molecule is O=C(Nc1cc(F)ccc1F)NC1CCC1. The van der Waals surface area contributed by atoms with Crippen molar-refractivity contribution in [1.82, 2.24) is 5.32 Å². The van der Waals surface area contributed by atoms with Gasteiger partial charge >= 0.3 is 6.03 Å². The van der Waals surface area contributed by atoms with Crippen molar-refractivity contribution < 1.29 is 13.6 Å². The van der Waals surface area contributed by atoms with Gasteiger partial charge in [0.05, 0.1) is 5.69 Å². The van der Waals surface area contributed by atoms with Crippen LogP contribution in [-0.2, 0) is 0 Å². The molecular formula is C11H12F2N2O. The van der Waals surface area contributed by atoms with Gasteiger partial charge in [-0.05, 0) is 31.4 Å². The molecule has 5 heteroatoms. The maximum Gasteiger partial charge on any atom is 0.319 e. The molecule has 1 aromatic rings. The topological polar surface area (TPSA) is 41.1 Å². The van der Waals surface area contributed by atoms with Crippen LogP contribution in [0.4, 0.5) is 19.3 Å². The molecule has 0 atom stereocenters. The van der Waals surface area contributed by atoms with Gasteiger partial charge in [0.15, 0.2) is 0 Å². The minimum absolute atomic E-state index is 0.142. The Morgan fingerprint density at radius 1 is 1.31 bits per heavy atom. The van der Waals surface area contributed by atoms with Gasteiger partial charge in [0.25, 0.3) is 0 Å². The van der Waals surface area contributed by atoms with E-state index in [2.05, 4.69) is 10.6 Å². The number of nitrogens with one attached hydrogen (secondary N) is 2. The van der Waals surface area contributed by atoms with Gasteiger partial charge in [-0.1, -0.05) is 0 Å². The minimum atomic E-state index is -0.648. The predicted molar refractivity (Wildman–Crippen MR) is 56.2 cm³/mol. The number of carbonyl (C=O) groups excluding carboxylic acids is 1. The molecule has 1 aliphatic rings. The number of rotatable bonds is 2. The zero-order valence-electron chi connectivity index (χ0n) is 8.59. The fourth-order valence-corrected chi connectivity index (χ4v) is 1.49. The van der Waals surface area contributed by atoms with Crippen molar-refractivity contribution in [2.75, 3.05) is 5.32 Å². The molecule has 0 bridgehead atoms. The van der Waals surface area contributed by atoms with Crippen molar-refractivity contribution in [2.45, 2.75) is 25.3 Å². The van der Waals surface area contributed by atoms with Crippen molar-refractivity contribution >= 4 is 11.7 Å². The Morgan fingerprint density at radius 3 is 2.69 bits per heavy atom. The molecule has 0 radical (unpaired) electrons. The molecule has 86 valence electrons. The normalized spacial score (nSPS) is 15.4. The molecular weight excluding hydrogens is 214 g/mol. The Hall–Kier alpha value is -1.65. The molecule has 2 rings (SSSR count). The summed E-state index contributed by atoms with van der Waals surface area (Å²) in [5.41, 5.74) is -0.142. The summed E-state index contributed by atoms with van der Waals surface area (Å²) in [7, 11) is 0. The summed E-state index contributed by atoms with van der Waals surface area (Å²) in [4.78, 5) is 11.4. The van der Waals surface area contributed by atoms with Crippen LogP contribution in [0.5, 0.6) is 0 Å². The van der Waals surface area contributed by atoms with Crippen LogP contribution >= 0.6 is 0 Å². The van der Waals surface area contributed by atoms with E-state index in [4.69, 9.17) is 0 Å². The first-order valence-corrected chi connectivity index (χ1v) is 5.18. The molecule has 0 saturated heterocycles. The second-order valence-electron chi connectivity index (χ2n) is 3.85. The van der Waals surface area contributed by atoms with Gasteiger partial charge in [-0.15, -0.1) is 0 Å². The lowest BCUT2D eigenvalue weighted by atomic mass is 9.93. The van der Waals surface area contributed by atoms with E-state index >= 15 is 0 Å². The number of hydrogen-bond donors (Lipinski definition) is 2. The molecule has 16 heavy (non-hydrogen) atoms. The Bertz CT molecular complexity index is 405. The van der Waals surface area contributed by atoms with E-state index in [-0.39, 0.29) is 11.7 Å². The smallest absolute Gasteiger partial charge is 0.319 e. The molecule has 2 amide bonds. The Kier molecular flexibility index (Phi) is 3.03. The van der Waals surface area contributed by atoms with E-state index in [1.165, 1.54) is 0 Å². The van der Waals surface area contributed by atoms with Gasteiger partial charge in [-0.3, -0.25) is 0 Å². The van der Waals surface area contributed by atoms with E-state index < -0.39 is 17.7 Å². The van der Waals surface area contributed by atoms with E-state index in [9.17, 15) is 13.6 Å². The van der Waals surface area contributed by atoms with Gasteiger partial charge in [0.2, 0.25) is 0 Å². The van der Waals surface area contributed by atoms with Gasteiger partial charge in [0.1, 0.15) is 11.6 Å². The molecule has 1 fully saturated rings. The summed E-state index contributed by atoms with van der Waals surface area (Å²) in [5, 5.41) is 4.96. The number of benzene rings is 1. The van der Waals surface area contributed by atoms with Crippen LogP contribution in [0.1, 0.15) is 19.3 Å². The number of anilines is 1. The molecule has 1 aromatic carbocycles. The van der Waals surface area contributed by atoms with E-state index in [1.807, 2.05) is 0 Å². The molecule has 1 saturated carbocycles. The third-order valence-electron chi connectivity index (χ3n) is 2.62. The fraction of sp³-hybridized carbons (Fsp3) is 0.364. The highest BCUT2D eigenvalue weighted by molar-refractivity contribution is 5.89. The summed E-state index contributed by atoms with van der Waals surface area (Å²) in [5.74, 6) is -1.23. The van der Waals surface area contributed by atoms with Crippen molar-refractivity contribution in [3.8, 4) is 0 Å². The monoisotopic (exact) mass is 226 g/mol. The van der Waals surface area contributed by atoms with Crippen LogP contribution in [0.3, 0.4) is 0 Å². The standard InChI is InChI=1S/C11H12F2N2O/c12-7-4-5-9(13)10(6-7)15-11(16)14-8-2-1-3-8/h4-6,8H,1-3H2,(H2,14,15,16). The molecule has 0 spiro atoms. The number of amides is 2. The first kappa shape index (κ1) is 10.9. The van der Waals surface area contributed by atoms with Crippen LogP contribution < -0.4 is 10.6 Å². The molecule has 0 heterocycles. The van der Waals surface area contributed by atoms with Crippen molar-refractivity contribution in [2.24, 2.45) is 0 Å². The zero-order valence-corrected chi connectivity index (χ0v) is 8.59. The maximum atomic E-state index is 13.2. The van der Waals surface area contributed by atoms with Gasteiger partial charge < -0.3 is 10.6 Å². The predicted octanol–water partition coefficient (Wildman–Crippen LogP) is 2.64. The number of urea groups is 1. The van der Waals surface area contributed by atoms with Crippen LogP contribution in [0.2, 0.25) is 0 Å². The quantitative estimate of drug-likeness (QED) is 0.799. The van der Waals surface area contributed by atoms with Crippen LogP contribution in [0.15, 0.2) is 18.2 Å².